The first-order valence-corrected chi connectivity index (χ1v) is 6.65. The summed E-state index contributed by atoms with van der Waals surface area (Å²) in [5.74, 6) is 4.10. The average Bonchev–Trinajstić information content (AvgIpc) is 2.83. The molecular formula is C14H28. The Hall–Kier alpha value is 0. The van der Waals surface area contributed by atoms with Crippen molar-refractivity contribution in [2.45, 2.75) is 66.2 Å². The van der Waals surface area contributed by atoms with Gasteiger partial charge in [-0.1, -0.05) is 53.4 Å². The molecule has 0 spiro atoms. The maximum atomic E-state index is 2.47. The standard InChI is InChI=1S/C14H28/c1-5-6-7-8-12(4)14-10-13(14)9-11(2)3/h11-14H,5-10H2,1-4H3. The van der Waals surface area contributed by atoms with Gasteiger partial charge in [0.1, 0.15) is 0 Å². The molecule has 1 aliphatic rings. The van der Waals surface area contributed by atoms with Gasteiger partial charge in [-0.2, -0.15) is 0 Å². The van der Waals surface area contributed by atoms with Crippen molar-refractivity contribution >= 4 is 0 Å². The first-order valence-electron chi connectivity index (χ1n) is 6.65. The summed E-state index contributed by atoms with van der Waals surface area (Å²) >= 11 is 0. The topological polar surface area (TPSA) is 0 Å². The van der Waals surface area contributed by atoms with Crippen molar-refractivity contribution in [2.75, 3.05) is 0 Å². The summed E-state index contributed by atoms with van der Waals surface area (Å²) in [4.78, 5) is 0. The van der Waals surface area contributed by atoms with E-state index < -0.39 is 0 Å². The van der Waals surface area contributed by atoms with E-state index in [9.17, 15) is 0 Å². The predicted molar refractivity (Wildman–Crippen MR) is 64.4 cm³/mol. The molecule has 3 atom stereocenters. The molecule has 1 rings (SSSR count). The molecule has 0 heterocycles. The average molecular weight is 196 g/mol. The molecule has 1 saturated carbocycles. The van der Waals surface area contributed by atoms with Crippen molar-refractivity contribution in [2.24, 2.45) is 23.7 Å². The molecule has 0 aliphatic heterocycles. The van der Waals surface area contributed by atoms with Gasteiger partial charge in [-0.25, -0.2) is 0 Å². The molecule has 0 amide bonds. The van der Waals surface area contributed by atoms with E-state index in [0.29, 0.717) is 0 Å². The van der Waals surface area contributed by atoms with Gasteiger partial charge in [0, 0.05) is 0 Å². The Bertz CT molecular complexity index is 148. The molecule has 0 aromatic rings. The Balaban J connectivity index is 2.06. The third-order valence-corrected chi connectivity index (χ3v) is 3.75. The van der Waals surface area contributed by atoms with Crippen LogP contribution in [0.2, 0.25) is 0 Å². The van der Waals surface area contributed by atoms with Gasteiger partial charge in [-0.05, 0) is 36.5 Å². The van der Waals surface area contributed by atoms with Crippen LogP contribution in [0.15, 0.2) is 0 Å². The van der Waals surface area contributed by atoms with E-state index in [0.717, 1.165) is 23.7 Å². The summed E-state index contributed by atoms with van der Waals surface area (Å²) in [6.07, 6.45) is 8.75. The number of unbranched alkanes of at least 4 members (excludes halogenated alkanes) is 2. The fraction of sp³-hybridized carbons (Fsp3) is 1.00. The summed E-state index contributed by atoms with van der Waals surface area (Å²) < 4.78 is 0. The molecule has 0 N–H and O–H groups in total. The molecule has 0 bridgehead atoms. The summed E-state index contributed by atoms with van der Waals surface area (Å²) in [6.45, 7) is 9.48. The van der Waals surface area contributed by atoms with E-state index in [1.165, 1.54) is 38.5 Å². The number of hydrogen-bond acceptors (Lipinski definition) is 0. The van der Waals surface area contributed by atoms with Gasteiger partial charge in [-0.3, -0.25) is 0 Å². The van der Waals surface area contributed by atoms with E-state index in [1.54, 1.807) is 0 Å². The molecule has 0 radical (unpaired) electrons. The van der Waals surface area contributed by atoms with Crippen molar-refractivity contribution in [3.63, 3.8) is 0 Å². The lowest BCUT2D eigenvalue weighted by molar-refractivity contribution is 0.399. The van der Waals surface area contributed by atoms with E-state index >= 15 is 0 Å². The van der Waals surface area contributed by atoms with Crippen LogP contribution < -0.4 is 0 Å². The zero-order valence-electron chi connectivity index (χ0n) is 10.6. The highest BCUT2D eigenvalue weighted by atomic mass is 14.4. The zero-order chi connectivity index (χ0) is 10.6. The van der Waals surface area contributed by atoms with Gasteiger partial charge in [0.15, 0.2) is 0 Å². The summed E-state index contributed by atoms with van der Waals surface area (Å²) in [5.41, 5.74) is 0. The minimum Gasteiger partial charge on any atom is -0.0654 e. The van der Waals surface area contributed by atoms with Crippen molar-refractivity contribution in [3.05, 3.63) is 0 Å². The predicted octanol–water partition coefficient (Wildman–Crippen LogP) is 4.89. The monoisotopic (exact) mass is 196 g/mol. The number of hydrogen-bond donors (Lipinski definition) is 0. The highest BCUT2D eigenvalue weighted by molar-refractivity contribution is 4.89. The van der Waals surface area contributed by atoms with E-state index in [4.69, 9.17) is 0 Å². The fourth-order valence-electron chi connectivity index (χ4n) is 2.77. The van der Waals surface area contributed by atoms with Gasteiger partial charge in [0.05, 0.1) is 0 Å². The molecule has 0 saturated heterocycles. The van der Waals surface area contributed by atoms with Crippen LogP contribution in [0.4, 0.5) is 0 Å². The summed E-state index contributed by atoms with van der Waals surface area (Å²) in [7, 11) is 0. The van der Waals surface area contributed by atoms with Crippen LogP contribution in [0, 0.1) is 23.7 Å². The first kappa shape index (κ1) is 12.1. The molecule has 0 nitrogen and oxygen atoms in total. The first-order chi connectivity index (χ1) is 6.65. The van der Waals surface area contributed by atoms with Crippen molar-refractivity contribution < 1.29 is 0 Å². The van der Waals surface area contributed by atoms with E-state index in [-0.39, 0.29) is 0 Å². The molecular weight excluding hydrogens is 168 g/mol. The Morgan fingerprint density at radius 3 is 2.43 bits per heavy atom. The molecule has 0 aromatic heterocycles. The summed E-state index contributed by atoms with van der Waals surface area (Å²) in [6, 6.07) is 0. The molecule has 1 aliphatic carbocycles. The highest BCUT2D eigenvalue weighted by Gasteiger charge is 2.40. The van der Waals surface area contributed by atoms with Crippen LogP contribution in [-0.4, -0.2) is 0 Å². The van der Waals surface area contributed by atoms with Crippen LogP contribution in [0.5, 0.6) is 0 Å². The third kappa shape index (κ3) is 4.02. The molecule has 1 fully saturated rings. The molecule has 84 valence electrons. The largest absolute Gasteiger partial charge is 0.0654 e. The minimum atomic E-state index is 0.910. The smallest absolute Gasteiger partial charge is 0.0357 e. The van der Waals surface area contributed by atoms with Crippen LogP contribution >= 0.6 is 0 Å². The van der Waals surface area contributed by atoms with Crippen molar-refractivity contribution in [1.82, 2.24) is 0 Å². The van der Waals surface area contributed by atoms with Crippen LogP contribution in [0.25, 0.3) is 0 Å². The van der Waals surface area contributed by atoms with Gasteiger partial charge >= 0.3 is 0 Å². The lowest BCUT2D eigenvalue weighted by Crippen LogP contribution is -2.01. The second-order valence-electron chi connectivity index (χ2n) is 5.76. The lowest BCUT2D eigenvalue weighted by atomic mass is 9.95. The quantitative estimate of drug-likeness (QED) is 0.509. The molecule has 3 unspecified atom stereocenters. The highest BCUT2D eigenvalue weighted by Crippen LogP contribution is 2.49. The Morgan fingerprint density at radius 1 is 1.14 bits per heavy atom. The van der Waals surface area contributed by atoms with Crippen LogP contribution in [-0.2, 0) is 0 Å². The summed E-state index contributed by atoms with van der Waals surface area (Å²) in [5, 5.41) is 0. The SMILES string of the molecule is CCCCCC(C)C1CC1CC(C)C. The Labute approximate surface area is 90.5 Å². The van der Waals surface area contributed by atoms with Crippen LogP contribution in [0.3, 0.4) is 0 Å². The van der Waals surface area contributed by atoms with Gasteiger partial charge < -0.3 is 0 Å². The Morgan fingerprint density at radius 2 is 1.86 bits per heavy atom. The zero-order valence-corrected chi connectivity index (χ0v) is 10.6. The van der Waals surface area contributed by atoms with Crippen molar-refractivity contribution in [3.8, 4) is 0 Å². The van der Waals surface area contributed by atoms with Gasteiger partial charge in [0.2, 0.25) is 0 Å². The molecule has 14 heavy (non-hydrogen) atoms. The van der Waals surface area contributed by atoms with Gasteiger partial charge in [0.25, 0.3) is 0 Å². The second-order valence-corrected chi connectivity index (χ2v) is 5.76. The minimum absolute atomic E-state index is 0.910. The van der Waals surface area contributed by atoms with E-state index in [2.05, 4.69) is 27.7 Å². The number of rotatable bonds is 7. The Kier molecular flexibility index (Phi) is 4.98. The molecule has 0 heteroatoms. The maximum Gasteiger partial charge on any atom is -0.0357 e. The van der Waals surface area contributed by atoms with Crippen molar-refractivity contribution in [1.29, 1.82) is 0 Å². The normalized spacial score (nSPS) is 28.1. The molecule has 0 aromatic carbocycles. The van der Waals surface area contributed by atoms with Gasteiger partial charge in [-0.15, -0.1) is 0 Å². The van der Waals surface area contributed by atoms with E-state index in [1.807, 2.05) is 0 Å². The third-order valence-electron chi connectivity index (χ3n) is 3.75. The van der Waals surface area contributed by atoms with Crippen LogP contribution in [0.1, 0.15) is 66.2 Å². The lowest BCUT2D eigenvalue weighted by Gasteiger charge is -2.11. The second kappa shape index (κ2) is 5.78. The fourth-order valence-corrected chi connectivity index (χ4v) is 2.77. The maximum absolute atomic E-state index is 2.47.